The van der Waals surface area contributed by atoms with Crippen molar-refractivity contribution in [3.8, 4) is 0 Å². The lowest BCUT2D eigenvalue weighted by atomic mass is 9.93. The fraction of sp³-hybridized carbons (Fsp3) is 0.462. The molecular weight excluding hydrogens is 332 g/mol. The molecule has 3 N–H and O–H groups in total. The number of benzene rings is 1. The molecule has 0 aliphatic heterocycles. The molecule has 0 bridgehead atoms. The molecule has 2 rings (SSSR count). The number of amides is 2. The van der Waals surface area contributed by atoms with Crippen molar-refractivity contribution in [2.45, 2.75) is 37.8 Å². The van der Waals surface area contributed by atoms with E-state index in [1.165, 1.54) is 0 Å². The van der Waals surface area contributed by atoms with Gasteiger partial charge in [0.15, 0.2) is 0 Å². The van der Waals surface area contributed by atoms with E-state index in [1.807, 2.05) is 0 Å². The number of aliphatic hydroxyl groups is 1. The zero-order valence-electron chi connectivity index (χ0n) is 10.3. The third-order valence-electron chi connectivity index (χ3n) is 3.18. The summed E-state index contributed by atoms with van der Waals surface area (Å²) < 4.78 is 0.662. The molecule has 0 aromatic heterocycles. The Bertz CT molecular complexity index is 470. The zero-order valence-corrected chi connectivity index (χ0v) is 12.7. The maximum Gasteiger partial charge on any atom is 0.319 e. The number of rotatable bonds is 2. The Hall–Kier alpha value is -0.780. The highest BCUT2D eigenvalue weighted by Gasteiger charge is 2.21. The van der Waals surface area contributed by atoms with Crippen molar-refractivity contribution < 1.29 is 9.90 Å². The van der Waals surface area contributed by atoms with Crippen molar-refractivity contribution in [3.63, 3.8) is 0 Å². The molecule has 0 spiro atoms. The van der Waals surface area contributed by atoms with E-state index in [0.29, 0.717) is 21.6 Å². The molecule has 19 heavy (non-hydrogen) atoms. The molecule has 0 saturated heterocycles. The van der Waals surface area contributed by atoms with Crippen molar-refractivity contribution in [2.75, 3.05) is 5.32 Å². The number of aliphatic hydroxyl groups excluding tert-OH is 1. The Balaban J connectivity index is 1.92. The van der Waals surface area contributed by atoms with Gasteiger partial charge in [-0.05, 0) is 53.7 Å². The number of carbonyl (C=O) groups excluding carboxylic acids is 1. The van der Waals surface area contributed by atoms with E-state index >= 15 is 0 Å². The van der Waals surface area contributed by atoms with Gasteiger partial charge in [-0.3, -0.25) is 0 Å². The lowest BCUT2D eigenvalue weighted by Crippen LogP contribution is -2.41. The van der Waals surface area contributed by atoms with Crippen LogP contribution in [0.2, 0.25) is 5.02 Å². The predicted octanol–water partition coefficient (Wildman–Crippen LogP) is 3.53. The molecule has 6 heteroatoms. The van der Waals surface area contributed by atoms with Crippen LogP contribution in [0.3, 0.4) is 0 Å². The van der Waals surface area contributed by atoms with Crippen LogP contribution in [-0.2, 0) is 0 Å². The van der Waals surface area contributed by atoms with E-state index in [1.54, 1.807) is 18.2 Å². The van der Waals surface area contributed by atoms with Gasteiger partial charge in [-0.2, -0.15) is 0 Å². The number of carbonyl (C=O) groups is 1. The van der Waals surface area contributed by atoms with Gasteiger partial charge in [-0.25, -0.2) is 4.79 Å². The van der Waals surface area contributed by atoms with Crippen molar-refractivity contribution in [3.05, 3.63) is 27.7 Å². The Kier molecular flexibility index (Phi) is 5.07. The Morgan fingerprint density at radius 2 is 2.21 bits per heavy atom. The normalized spacial score (nSPS) is 22.9. The lowest BCUT2D eigenvalue weighted by molar-refractivity contribution is 0.114. The van der Waals surface area contributed by atoms with Crippen molar-refractivity contribution in [1.82, 2.24) is 5.32 Å². The van der Waals surface area contributed by atoms with E-state index in [4.69, 9.17) is 11.6 Å². The number of hydrogen-bond donors (Lipinski definition) is 3. The first kappa shape index (κ1) is 14.6. The van der Waals surface area contributed by atoms with E-state index in [0.717, 1.165) is 19.3 Å². The second-order valence-corrected chi connectivity index (χ2v) is 5.92. The van der Waals surface area contributed by atoms with Crippen LogP contribution in [0.25, 0.3) is 0 Å². The van der Waals surface area contributed by atoms with Crippen molar-refractivity contribution >= 4 is 39.2 Å². The summed E-state index contributed by atoms with van der Waals surface area (Å²) in [5.41, 5.74) is 0.626. The molecule has 1 aromatic rings. The molecule has 1 saturated carbocycles. The number of halogens is 2. The van der Waals surface area contributed by atoms with Crippen LogP contribution < -0.4 is 10.6 Å². The van der Waals surface area contributed by atoms with Gasteiger partial charge >= 0.3 is 6.03 Å². The van der Waals surface area contributed by atoms with E-state index in [-0.39, 0.29) is 18.2 Å². The molecular formula is C13H16BrClN2O2. The van der Waals surface area contributed by atoms with Gasteiger partial charge in [0.05, 0.1) is 21.3 Å². The molecule has 104 valence electrons. The first-order valence-corrected chi connectivity index (χ1v) is 7.43. The maximum atomic E-state index is 11.9. The summed E-state index contributed by atoms with van der Waals surface area (Å²) >= 11 is 9.29. The molecule has 2 amide bonds. The lowest BCUT2D eigenvalue weighted by Gasteiger charge is -2.26. The monoisotopic (exact) mass is 346 g/mol. The predicted molar refractivity (Wildman–Crippen MR) is 79.6 cm³/mol. The maximum absolute atomic E-state index is 11.9. The third kappa shape index (κ3) is 4.09. The van der Waals surface area contributed by atoms with Crippen LogP contribution in [-0.4, -0.2) is 23.3 Å². The molecule has 0 unspecified atom stereocenters. The standard InChI is InChI=1S/C13H16BrClN2O2/c14-12-10(15)5-2-6-11(12)17-13(19)16-8-3-1-4-9(18)7-8/h2,5-6,8-9,18H,1,3-4,7H2,(H2,16,17,19)/t8-,9+/m1/s1. The second-order valence-electron chi connectivity index (χ2n) is 4.72. The van der Waals surface area contributed by atoms with Crippen LogP contribution in [0.4, 0.5) is 10.5 Å². The molecule has 1 fully saturated rings. The van der Waals surface area contributed by atoms with Gasteiger partial charge < -0.3 is 15.7 Å². The first-order chi connectivity index (χ1) is 9.06. The minimum Gasteiger partial charge on any atom is -0.393 e. The highest BCUT2D eigenvalue weighted by molar-refractivity contribution is 9.10. The summed E-state index contributed by atoms with van der Waals surface area (Å²) in [6.07, 6.45) is 2.97. The summed E-state index contributed by atoms with van der Waals surface area (Å²) in [5, 5.41) is 15.7. The average Bonchev–Trinajstić information content (AvgIpc) is 2.35. The summed E-state index contributed by atoms with van der Waals surface area (Å²) in [7, 11) is 0. The Morgan fingerprint density at radius 3 is 2.95 bits per heavy atom. The topological polar surface area (TPSA) is 61.4 Å². The molecule has 0 radical (unpaired) electrons. The highest BCUT2D eigenvalue weighted by atomic mass is 79.9. The van der Waals surface area contributed by atoms with Crippen molar-refractivity contribution in [1.29, 1.82) is 0 Å². The SMILES string of the molecule is O=C(Nc1cccc(Cl)c1Br)N[C@@H]1CCC[C@H](O)C1. The number of anilines is 1. The van der Waals surface area contributed by atoms with E-state index in [9.17, 15) is 9.90 Å². The summed E-state index contributed by atoms with van der Waals surface area (Å²) in [4.78, 5) is 11.9. The van der Waals surface area contributed by atoms with Crippen LogP contribution in [0, 0.1) is 0 Å². The Morgan fingerprint density at radius 1 is 1.42 bits per heavy atom. The van der Waals surface area contributed by atoms with Gasteiger partial charge in [0.25, 0.3) is 0 Å². The third-order valence-corrected chi connectivity index (χ3v) is 4.58. The first-order valence-electron chi connectivity index (χ1n) is 6.26. The molecule has 0 heterocycles. The molecule has 1 aromatic carbocycles. The van der Waals surface area contributed by atoms with Gasteiger partial charge in [0, 0.05) is 6.04 Å². The summed E-state index contributed by atoms with van der Waals surface area (Å²) in [6.45, 7) is 0. The largest absolute Gasteiger partial charge is 0.393 e. The summed E-state index contributed by atoms with van der Waals surface area (Å²) in [6, 6.07) is 5.04. The van der Waals surface area contributed by atoms with Crippen LogP contribution in [0.1, 0.15) is 25.7 Å². The summed E-state index contributed by atoms with van der Waals surface area (Å²) in [5.74, 6) is 0. The van der Waals surface area contributed by atoms with Crippen LogP contribution >= 0.6 is 27.5 Å². The Labute approximate surface area is 125 Å². The minimum atomic E-state index is -0.308. The smallest absolute Gasteiger partial charge is 0.319 e. The van der Waals surface area contributed by atoms with Gasteiger partial charge in [0.2, 0.25) is 0 Å². The number of nitrogens with one attached hydrogen (secondary N) is 2. The van der Waals surface area contributed by atoms with Crippen molar-refractivity contribution in [2.24, 2.45) is 0 Å². The minimum absolute atomic E-state index is 0.0294. The second kappa shape index (κ2) is 6.59. The van der Waals surface area contributed by atoms with Gasteiger partial charge in [0.1, 0.15) is 0 Å². The fourth-order valence-corrected chi connectivity index (χ4v) is 2.78. The molecule has 4 nitrogen and oxygen atoms in total. The van der Waals surface area contributed by atoms with E-state index in [2.05, 4.69) is 26.6 Å². The highest BCUT2D eigenvalue weighted by Crippen LogP contribution is 2.30. The fourth-order valence-electron chi connectivity index (χ4n) is 2.24. The van der Waals surface area contributed by atoms with E-state index < -0.39 is 0 Å². The number of urea groups is 1. The van der Waals surface area contributed by atoms with Crippen LogP contribution in [0.15, 0.2) is 22.7 Å². The van der Waals surface area contributed by atoms with Gasteiger partial charge in [-0.1, -0.05) is 17.7 Å². The molecule has 1 aliphatic carbocycles. The zero-order chi connectivity index (χ0) is 13.8. The molecule has 2 atom stereocenters. The average molecular weight is 348 g/mol. The molecule has 1 aliphatic rings. The number of hydrogen-bond acceptors (Lipinski definition) is 2. The van der Waals surface area contributed by atoms with Gasteiger partial charge in [-0.15, -0.1) is 0 Å². The quantitative estimate of drug-likeness (QED) is 0.766. The van der Waals surface area contributed by atoms with Crippen LogP contribution in [0.5, 0.6) is 0 Å².